The van der Waals surface area contributed by atoms with Crippen molar-refractivity contribution in [3.63, 3.8) is 0 Å². The van der Waals surface area contributed by atoms with E-state index in [2.05, 4.69) is 82.7 Å². The molecule has 1 nitrogen and oxygen atoms in total. The van der Waals surface area contributed by atoms with E-state index in [4.69, 9.17) is 11.6 Å². The average Bonchev–Trinajstić information content (AvgIpc) is 2.96. The number of benzene rings is 2. The molecule has 3 rings (SSSR count). The molecule has 0 spiro atoms. The Labute approximate surface area is 147 Å². The van der Waals surface area contributed by atoms with Crippen molar-refractivity contribution >= 4 is 55.6 Å². The summed E-state index contributed by atoms with van der Waals surface area (Å²) in [5.74, 6) is 0. The molecule has 0 aliphatic heterocycles. The van der Waals surface area contributed by atoms with Crippen LogP contribution in [0.3, 0.4) is 0 Å². The lowest BCUT2D eigenvalue weighted by atomic mass is 9.97. The molecule has 0 amide bonds. The summed E-state index contributed by atoms with van der Waals surface area (Å²) in [7, 11) is 0. The minimum atomic E-state index is 0.173. The number of thiophene rings is 1. The second-order valence-electron chi connectivity index (χ2n) is 4.85. The highest BCUT2D eigenvalue weighted by Gasteiger charge is 2.17. The van der Waals surface area contributed by atoms with Crippen molar-refractivity contribution in [2.75, 3.05) is 6.54 Å². The molecule has 1 aromatic heterocycles. The van der Waals surface area contributed by atoms with Crippen molar-refractivity contribution in [1.82, 2.24) is 5.32 Å². The standard InChI is InChI=1S/C17H15ClINS/c1-2-20-16(12-6-7-15(19)14(18)10-12)13-5-3-4-11-8-9-21-17(11)13/h3-10,16,20H,2H2,1H3. The van der Waals surface area contributed by atoms with Crippen molar-refractivity contribution in [3.05, 3.63) is 67.6 Å². The fraction of sp³-hybridized carbons (Fsp3) is 0.176. The van der Waals surface area contributed by atoms with Gasteiger partial charge >= 0.3 is 0 Å². The lowest BCUT2D eigenvalue weighted by Crippen LogP contribution is -2.22. The van der Waals surface area contributed by atoms with Crippen LogP contribution in [-0.2, 0) is 0 Å². The molecular formula is C17H15ClINS. The maximum atomic E-state index is 6.31. The number of nitrogens with one attached hydrogen (secondary N) is 1. The van der Waals surface area contributed by atoms with Crippen LogP contribution in [0.4, 0.5) is 0 Å². The highest BCUT2D eigenvalue weighted by molar-refractivity contribution is 14.1. The van der Waals surface area contributed by atoms with Gasteiger partial charge in [0.15, 0.2) is 0 Å². The van der Waals surface area contributed by atoms with Gasteiger partial charge in [0.25, 0.3) is 0 Å². The summed E-state index contributed by atoms with van der Waals surface area (Å²) in [4.78, 5) is 0. The molecule has 1 unspecified atom stereocenters. The highest BCUT2D eigenvalue weighted by atomic mass is 127. The number of hydrogen-bond acceptors (Lipinski definition) is 2. The number of halogens is 2. The zero-order chi connectivity index (χ0) is 14.8. The van der Waals surface area contributed by atoms with E-state index in [-0.39, 0.29) is 6.04 Å². The predicted octanol–water partition coefficient (Wildman–Crippen LogP) is 5.86. The van der Waals surface area contributed by atoms with Crippen LogP contribution in [0.5, 0.6) is 0 Å². The van der Waals surface area contributed by atoms with Crippen LogP contribution in [0.25, 0.3) is 10.1 Å². The van der Waals surface area contributed by atoms with Crippen LogP contribution >= 0.6 is 45.5 Å². The minimum Gasteiger partial charge on any atom is -0.306 e. The lowest BCUT2D eigenvalue weighted by molar-refractivity contribution is 0.635. The average molecular weight is 428 g/mol. The van der Waals surface area contributed by atoms with E-state index in [1.807, 2.05) is 0 Å². The SMILES string of the molecule is CCNC(c1ccc(I)c(Cl)c1)c1cccc2ccsc12. The first-order chi connectivity index (χ1) is 10.2. The Bertz CT molecular complexity index is 768. The van der Waals surface area contributed by atoms with E-state index in [9.17, 15) is 0 Å². The summed E-state index contributed by atoms with van der Waals surface area (Å²) in [5.41, 5.74) is 2.53. The molecule has 0 saturated heterocycles. The van der Waals surface area contributed by atoms with Gasteiger partial charge in [-0.15, -0.1) is 11.3 Å². The van der Waals surface area contributed by atoms with Gasteiger partial charge in [-0.1, -0.05) is 42.8 Å². The van der Waals surface area contributed by atoms with Gasteiger partial charge in [-0.05, 0) is 69.2 Å². The van der Waals surface area contributed by atoms with Crippen molar-refractivity contribution < 1.29 is 0 Å². The molecule has 1 heterocycles. The summed E-state index contributed by atoms with van der Waals surface area (Å²) < 4.78 is 2.43. The van der Waals surface area contributed by atoms with E-state index in [0.717, 1.165) is 15.1 Å². The molecule has 0 aliphatic carbocycles. The largest absolute Gasteiger partial charge is 0.306 e. The molecule has 0 radical (unpaired) electrons. The van der Waals surface area contributed by atoms with Crippen molar-refractivity contribution in [1.29, 1.82) is 0 Å². The third-order valence-corrected chi connectivity index (χ3v) is 6.06. The van der Waals surface area contributed by atoms with Gasteiger partial charge in [0.05, 0.1) is 11.1 Å². The molecule has 1 atom stereocenters. The Morgan fingerprint density at radius 1 is 1.24 bits per heavy atom. The van der Waals surface area contributed by atoms with E-state index in [0.29, 0.717) is 0 Å². The predicted molar refractivity (Wildman–Crippen MR) is 102 cm³/mol. The summed E-state index contributed by atoms with van der Waals surface area (Å²) in [6.07, 6.45) is 0. The van der Waals surface area contributed by atoms with E-state index in [1.54, 1.807) is 11.3 Å². The topological polar surface area (TPSA) is 12.0 Å². The van der Waals surface area contributed by atoms with Crippen LogP contribution in [0.1, 0.15) is 24.1 Å². The van der Waals surface area contributed by atoms with Crippen molar-refractivity contribution in [2.24, 2.45) is 0 Å². The van der Waals surface area contributed by atoms with Gasteiger partial charge in [0, 0.05) is 8.27 Å². The highest BCUT2D eigenvalue weighted by Crippen LogP contribution is 2.33. The van der Waals surface area contributed by atoms with Gasteiger partial charge in [0.1, 0.15) is 0 Å². The number of hydrogen-bond donors (Lipinski definition) is 1. The number of fused-ring (bicyclic) bond motifs is 1. The third kappa shape index (κ3) is 3.11. The lowest BCUT2D eigenvalue weighted by Gasteiger charge is -2.20. The Morgan fingerprint density at radius 2 is 2.10 bits per heavy atom. The molecule has 2 aromatic carbocycles. The second kappa shape index (κ2) is 6.65. The van der Waals surface area contributed by atoms with Gasteiger partial charge < -0.3 is 5.32 Å². The monoisotopic (exact) mass is 427 g/mol. The molecule has 0 aliphatic rings. The van der Waals surface area contributed by atoms with E-state index < -0.39 is 0 Å². The summed E-state index contributed by atoms with van der Waals surface area (Å²) in [6, 6.07) is 15.2. The third-order valence-electron chi connectivity index (χ3n) is 3.51. The van der Waals surface area contributed by atoms with Crippen LogP contribution in [0, 0.1) is 3.57 Å². The first-order valence-corrected chi connectivity index (χ1v) is 9.18. The molecule has 1 N–H and O–H groups in total. The maximum Gasteiger partial charge on any atom is 0.0591 e. The van der Waals surface area contributed by atoms with E-state index >= 15 is 0 Å². The molecule has 0 bridgehead atoms. The van der Waals surface area contributed by atoms with Gasteiger partial charge in [-0.25, -0.2) is 0 Å². The first kappa shape index (κ1) is 15.3. The van der Waals surface area contributed by atoms with Crippen molar-refractivity contribution in [3.8, 4) is 0 Å². The summed E-state index contributed by atoms with van der Waals surface area (Å²) in [5, 5.41) is 7.86. The first-order valence-electron chi connectivity index (χ1n) is 6.85. The van der Waals surface area contributed by atoms with Crippen LogP contribution in [0.15, 0.2) is 47.8 Å². The zero-order valence-corrected chi connectivity index (χ0v) is 15.3. The zero-order valence-electron chi connectivity index (χ0n) is 11.6. The van der Waals surface area contributed by atoms with Crippen LogP contribution < -0.4 is 5.32 Å². The Kier molecular flexibility index (Phi) is 4.84. The van der Waals surface area contributed by atoms with Gasteiger partial charge in [-0.3, -0.25) is 0 Å². The summed E-state index contributed by atoms with van der Waals surface area (Å²) in [6.45, 7) is 3.05. The smallest absolute Gasteiger partial charge is 0.0591 e. The fourth-order valence-corrected chi connectivity index (χ4v) is 4.02. The molecular weight excluding hydrogens is 413 g/mol. The Morgan fingerprint density at radius 3 is 2.86 bits per heavy atom. The summed E-state index contributed by atoms with van der Waals surface area (Å²) >= 11 is 10.4. The van der Waals surface area contributed by atoms with Gasteiger partial charge in [-0.2, -0.15) is 0 Å². The molecule has 4 heteroatoms. The maximum absolute atomic E-state index is 6.31. The quantitative estimate of drug-likeness (QED) is 0.514. The number of rotatable bonds is 4. The fourth-order valence-electron chi connectivity index (χ4n) is 2.55. The van der Waals surface area contributed by atoms with E-state index in [1.165, 1.54) is 21.2 Å². The van der Waals surface area contributed by atoms with Gasteiger partial charge in [0.2, 0.25) is 0 Å². The second-order valence-corrected chi connectivity index (χ2v) is 7.34. The molecule has 0 saturated carbocycles. The Hall–Kier alpha value is -0.620. The Balaban J connectivity index is 2.13. The normalized spacial score (nSPS) is 12.7. The molecule has 21 heavy (non-hydrogen) atoms. The van der Waals surface area contributed by atoms with Crippen LogP contribution in [-0.4, -0.2) is 6.54 Å². The minimum absolute atomic E-state index is 0.173. The van der Waals surface area contributed by atoms with Crippen LogP contribution in [0.2, 0.25) is 5.02 Å². The van der Waals surface area contributed by atoms with Crippen molar-refractivity contribution in [2.45, 2.75) is 13.0 Å². The molecule has 0 fully saturated rings. The molecule has 3 aromatic rings. The molecule has 108 valence electrons.